The predicted molar refractivity (Wildman–Crippen MR) is 136 cm³/mol. The number of aldehydes is 1. The van der Waals surface area contributed by atoms with Gasteiger partial charge in [-0.3, -0.25) is 9.69 Å². The highest BCUT2D eigenvalue weighted by Gasteiger charge is 2.12. The van der Waals surface area contributed by atoms with Crippen molar-refractivity contribution in [3.8, 4) is 16.9 Å². The van der Waals surface area contributed by atoms with Crippen molar-refractivity contribution in [1.82, 2.24) is 9.80 Å². The van der Waals surface area contributed by atoms with Crippen LogP contribution in [0, 0.1) is 0 Å². The fourth-order valence-electron chi connectivity index (χ4n) is 4.90. The van der Waals surface area contributed by atoms with E-state index in [1.54, 1.807) is 0 Å². The molecule has 0 aromatic heterocycles. The van der Waals surface area contributed by atoms with Crippen molar-refractivity contribution in [2.75, 3.05) is 57.7 Å². The Morgan fingerprint density at radius 2 is 1.42 bits per heavy atom. The van der Waals surface area contributed by atoms with E-state index in [1.807, 2.05) is 24.3 Å². The second-order valence-electron chi connectivity index (χ2n) is 9.38. The van der Waals surface area contributed by atoms with Crippen molar-refractivity contribution in [3.63, 3.8) is 0 Å². The molecule has 2 aromatic carbocycles. The highest BCUT2D eigenvalue weighted by molar-refractivity contribution is 5.78. The van der Waals surface area contributed by atoms with E-state index < -0.39 is 0 Å². The van der Waals surface area contributed by atoms with Crippen LogP contribution in [0.3, 0.4) is 0 Å². The zero-order valence-corrected chi connectivity index (χ0v) is 19.9. The van der Waals surface area contributed by atoms with Crippen LogP contribution in [-0.2, 0) is 0 Å². The average molecular weight is 450 g/mol. The quantitative estimate of drug-likeness (QED) is 0.372. The largest absolute Gasteiger partial charge is 0.490 e. The van der Waals surface area contributed by atoms with Crippen molar-refractivity contribution in [3.05, 3.63) is 48.0 Å². The number of nitrogens with one attached hydrogen (secondary N) is 1. The van der Waals surface area contributed by atoms with Crippen LogP contribution in [0.15, 0.2) is 42.5 Å². The Labute approximate surface area is 199 Å². The molecule has 2 heterocycles. The van der Waals surface area contributed by atoms with Crippen molar-refractivity contribution < 1.29 is 9.53 Å². The van der Waals surface area contributed by atoms with Gasteiger partial charge in [-0.05, 0) is 88.1 Å². The van der Waals surface area contributed by atoms with Crippen LogP contribution < -0.4 is 10.1 Å². The van der Waals surface area contributed by atoms with Gasteiger partial charge in [0, 0.05) is 18.7 Å². The summed E-state index contributed by atoms with van der Waals surface area (Å²) < 4.78 is 6.32. The van der Waals surface area contributed by atoms with Gasteiger partial charge in [0.1, 0.15) is 18.6 Å². The summed E-state index contributed by atoms with van der Waals surface area (Å²) in [7, 11) is 0. The Kier molecular flexibility index (Phi) is 9.19. The lowest BCUT2D eigenvalue weighted by Gasteiger charge is -2.27. The maximum atomic E-state index is 11.0. The first-order chi connectivity index (χ1) is 16.3. The summed E-state index contributed by atoms with van der Waals surface area (Å²) in [4.78, 5) is 16.1. The first-order valence-electron chi connectivity index (χ1n) is 12.8. The molecule has 0 spiro atoms. The number of piperidine rings is 2. The Balaban J connectivity index is 1.38. The number of anilines is 1. The molecule has 2 aliphatic rings. The van der Waals surface area contributed by atoms with Crippen molar-refractivity contribution in [1.29, 1.82) is 0 Å². The summed E-state index contributed by atoms with van der Waals surface area (Å²) in [5, 5.41) is 3.63. The van der Waals surface area contributed by atoms with E-state index in [4.69, 9.17) is 4.74 Å². The number of benzene rings is 2. The minimum Gasteiger partial charge on any atom is -0.490 e. The summed E-state index contributed by atoms with van der Waals surface area (Å²) in [5.74, 6) is 0.918. The monoisotopic (exact) mass is 449 g/mol. The summed E-state index contributed by atoms with van der Waals surface area (Å²) >= 11 is 0. The fraction of sp³-hybridized carbons (Fsp3) is 0.536. The van der Waals surface area contributed by atoms with Gasteiger partial charge in [-0.15, -0.1) is 0 Å². The Morgan fingerprint density at radius 3 is 2.09 bits per heavy atom. The average Bonchev–Trinajstić information content (AvgIpc) is 2.88. The van der Waals surface area contributed by atoms with Crippen LogP contribution in [0.5, 0.6) is 5.75 Å². The highest BCUT2D eigenvalue weighted by atomic mass is 16.5. The molecule has 0 atom stereocenters. The zero-order chi connectivity index (χ0) is 22.7. The normalized spacial score (nSPS) is 17.6. The second-order valence-corrected chi connectivity index (χ2v) is 9.38. The van der Waals surface area contributed by atoms with Crippen LogP contribution >= 0.6 is 0 Å². The number of likely N-dealkylation sites (tertiary alicyclic amines) is 2. The van der Waals surface area contributed by atoms with Crippen LogP contribution in [0.25, 0.3) is 11.1 Å². The van der Waals surface area contributed by atoms with Crippen LogP contribution in [-0.4, -0.2) is 68.5 Å². The molecule has 1 N–H and O–H groups in total. The number of nitrogens with zero attached hydrogens (tertiary/aromatic N) is 2. The molecular formula is C28H39N3O2. The fourth-order valence-corrected chi connectivity index (χ4v) is 4.90. The lowest BCUT2D eigenvalue weighted by molar-refractivity contribution is 0.112. The Morgan fingerprint density at radius 1 is 0.788 bits per heavy atom. The van der Waals surface area contributed by atoms with Gasteiger partial charge in [0.25, 0.3) is 0 Å². The molecule has 2 aliphatic heterocycles. The van der Waals surface area contributed by atoms with E-state index >= 15 is 0 Å². The number of rotatable bonds is 11. The van der Waals surface area contributed by atoms with Gasteiger partial charge in [-0.1, -0.05) is 43.2 Å². The minimum atomic E-state index is 0.698. The number of carbonyl (C=O) groups is 1. The minimum absolute atomic E-state index is 0.698. The second kappa shape index (κ2) is 12.8. The van der Waals surface area contributed by atoms with E-state index in [9.17, 15) is 4.79 Å². The first kappa shape index (κ1) is 23.8. The van der Waals surface area contributed by atoms with Gasteiger partial charge < -0.3 is 15.0 Å². The molecule has 0 unspecified atom stereocenters. The lowest BCUT2D eigenvalue weighted by Crippen LogP contribution is -2.33. The molecule has 33 heavy (non-hydrogen) atoms. The summed E-state index contributed by atoms with van der Waals surface area (Å²) in [6.45, 7) is 8.68. The molecular weight excluding hydrogens is 410 g/mol. The molecule has 4 rings (SSSR count). The molecule has 2 saturated heterocycles. The van der Waals surface area contributed by atoms with Gasteiger partial charge in [0.2, 0.25) is 0 Å². The number of ether oxygens (including phenoxy) is 1. The lowest BCUT2D eigenvalue weighted by atomic mass is 10.0. The standard InChI is InChI=1S/C28H39N3O2/c32-23-24-8-10-25(11-9-24)26-12-13-27(29-14-7-19-30-15-3-1-4-16-30)28(22-26)33-21-20-31-17-5-2-6-18-31/h8-13,22-23,29H,1-7,14-21H2. The Hall–Kier alpha value is -2.37. The van der Waals surface area contributed by atoms with Gasteiger partial charge >= 0.3 is 0 Å². The van der Waals surface area contributed by atoms with Gasteiger partial charge in [0.05, 0.1) is 5.69 Å². The molecule has 5 nitrogen and oxygen atoms in total. The molecule has 0 aliphatic carbocycles. The summed E-state index contributed by atoms with van der Waals surface area (Å²) in [5.41, 5.74) is 3.97. The summed E-state index contributed by atoms with van der Waals surface area (Å²) in [6.07, 6.45) is 10.1. The van der Waals surface area contributed by atoms with Crippen LogP contribution in [0.1, 0.15) is 55.3 Å². The molecule has 0 bridgehead atoms. The molecule has 0 saturated carbocycles. The SMILES string of the molecule is O=Cc1ccc(-c2ccc(NCCCN3CCCCC3)c(OCCN3CCCCC3)c2)cc1. The molecule has 178 valence electrons. The van der Waals surface area contributed by atoms with Crippen molar-refractivity contribution >= 4 is 12.0 Å². The maximum Gasteiger partial charge on any atom is 0.150 e. The molecule has 0 radical (unpaired) electrons. The molecule has 0 amide bonds. The van der Waals surface area contributed by atoms with E-state index in [0.29, 0.717) is 12.2 Å². The first-order valence-corrected chi connectivity index (χ1v) is 12.8. The predicted octanol–water partition coefficient (Wildman–Crippen LogP) is 5.32. The third-order valence-corrected chi connectivity index (χ3v) is 6.89. The third kappa shape index (κ3) is 7.31. The van der Waals surface area contributed by atoms with Crippen LogP contribution in [0.2, 0.25) is 0 Å². The number of hydrogen-bond acceptors (Lipinski definition) is 5. The maximum absolute atomic E-state index is 11.0. The topological polar surface area (TPSA) is 44.8 Å². The molecule has 5 heteroatoms. The van der Waals surface area contributed by atoms with Gasteiger partial charge in [0.15, 0.2) is 0 Å². The van der Waals surface area contributed by atoms with Crippen molar-refractivity contribution in [2.24, 2.45) is 0 Å². The molecule has 2 fully saturated rings. The highest BCUT2D eigenvalue weighted by Crippen LogP contribution is 2.31. The Bertz CT molecular complexity index is 856. The van der Waals surface area contributed by atoms with E-state index in [0.717, 1.165) is 48.4 Å². The molecule has 2 aromatic rings. The summed E-state index contributed by atoms with van der Waals surface area (Å²) in [6, 6.07) is 14.2. The van der Waals surface area contributed by atoms with Gasteiger partial charge in [-0.25, -0.2) is 0 Å². The number of hydrogen-bond donors (Lipinski definition) is 1. The van der Waals surface area contributed by atoms with E-state index in [2.05, 4.69) is 33.3 Å². The van der Waals surface area contributed by atoms with E-state index in [-0.39, 0.29) is 0 Å². The smallest absolute Gasteiger partial charge is 0.150 e. The van der Waals surface area contributed by atoms with Crippen molar-refractivity contribution in [2.45, 2.75) is 44.9 Å². The van der Waals surface area contributed by atoms with Gasteiger partial charge in [-0.2, -0.15) is 0 Å². The van der Waals surface area contributed by atoms with E-state index in [1.165, 1.54) is 71.2 Å². The number of carbonyl (C=O) groups excluding carboxylic acids is 1. The van der Waals surface area contributed by atoms with Crippen LogP contribution in [0.4, 0.5) is 5.69 Å². The third-order valence-electron chi connectivity index (χ3n) is 6.89. The zero-order valence-electron chi connectivity index (χ0n) is 19.9.